The minimum Gasteiger partial charge on any atom is -0.379 e. The average Bonchev–Trinajstić information content (AvgIpc) is 2.35. The first-order valence-corrected chi connectivity index (χ1v) is 6.64. The van der Waals surface area contributed by atoms with Crippen LogP contribution in [-0.4, -0.2) is 52.4 Å². The quantitative estimate of drug-likeness (QED) is 0.424. The maximum Gasteiger partial charge on any atom is 0.0781 e. The number of ether oxygens (including phenoxy) is 4. The number of rotatable bonds is 11. The van der Waals surface area contributed by atoms with Crippen molar-refractivity contribution in [1.82, 2.24) is 0 Å². The van der Waals surface area contributed by atoms with Gasteiger partial charge in [-0.1, -0.05) is 6.08 Å². The zero-order chi connectivity index (χ0) is 14.1. The van der Waals surface area contributed by atoms with E-state index in [1.54, 1.807) is 6.08 Å². The Balaban J connectivity index is 0. The lowest BCUT2D eigenvalue weighted by atomic mass is 10.4. The lowest BCUT2D eigenvalue weighted by Crippen LogP contribution is -2.20. The van der Waals surface area contributed by atoms with Crippen molar-refractivity contribution in [2.45, 2.75) is 33.8 Å². The lowest BCUT2D eigenvalue weighted by Gasteiger charge is -2.13. The summed E-state index contributed by atoms with van der Waals surface area (Å²) < 4.78 is 21.1. The van der Waals surface area contributed by atoms with Gasteiger partial charge in [0.25, 0.3) is 0 Å². The number of allylic oxidation sites excluding steroid dienone is 1. The molecular weight excluding hydrogens is 232 g/mol. The molecular formula is C14H30O4. The minimum absolute atomic E-state index is 0.118. The summed E-state index contributed by atoms with van der Waals surface area (Å²) in [5.74, 6) is 0. The smallest absolute Gasteiger partial charge is 0.0781 e. The van der Waals surface area contributed by atoms with Gasteiger partial charge in [0.2, 0.25) is 0 Å². The van der Waals surface area contributed by atoms with Gasteiger partial charge in [-0.15, -0.1) is 6.58 Å². The first kappa shape index (κ1) is 19.9. The van der Waals surface area contributed by atoms with Crippen LogP contribution in [0.4, 0.5) is 0 Å². The van der Waals surface area contributed by atoms with Crippen LogP contribution < -0.4 is 0 Å². The SMILES string of the molecule is C=CC.CCOCCOCC(C)OCCOCC. The molecule has 0 heterocycles. The zero-order valence-electron chi connectivity index (χ0n) is 12.4. The Morgan fingerprint density at radius 1 is 0.944 bits per heavy atom. The fraction of sp³-hybridized carbons (Fsp3) is 0.857. The molecule has 0 aromatic carbocycles. The van der Waals surface area contributed by atoms with E-state index in [0.29, 0.717) is 33.0 Å². The fourth-order valence-corrected chi connectivity index (χ4v) is 1.01. The lowest BCUT2D eigenvalue weighted by molar-refractivity contribution is -0.0381. The van der Waals surface area contributed by atoms with E-state index in [1.807, 2.05) is 27.7 Å². The van der Waals surface area contributed by atoms with Crippen LogP contribution in [0.2, 0.25) is 0 Å². The summed E-state index contributed by atoms with van der Waals surface area (Å²) in [5, 5.41) is 0. The molecule has 0 N–H and O–H groups in total. The highest BCUT2D eigenvalue weighted by Gasteiger charge is 2.01. The molecule has 0 aromatic rings. The van der Waals surface area contributed by atoms with Gasteiger partial charge in [0.15, 0.2) is 0 Å². The minimum atomic E-state index is 0.118. The number of hydrogen-bond donors (Lipinski definition) is 0. The van der Waals surface area contributed by atoms with Crippen molar-refractivity contribution < 1.29 is 18.9 Å². The molecule has 1 unspecified atom stereocenters. The highest BCUT2D eigenvalue weighted by molar-refractivity contribution is 4.51. The fourth-order valence-electron chi connectivity index (χ4n) is 1.01. The van der Waals surface area contributed by atoms with E-state index in [2.05, 4.69) is 6.58 Å². The summed E-state index contributed by atoms with van der Waals surface area (Å²) >= 11 is 0. The second-order valence-corrected chi connectivity index (χ2v) is 3.56. The molecule has 18 heavy (non-hydrogen) atoms. The van der Waals surface area contributed by atoms with Crippen LogP contribution in [0.3, 0.4) is 0 Å². The van der Waals surface area contributed by atoms with Crippen molar-refractivity contribution in [2.75, 3.05) is 46.2 Å². The molecule has 4 nitrogen and oxygen atoms in total. The molecule has 0 rings (SSSR count). The third kappa shape index (κ3) is 20.9. The Labute approximate surface area is 112 Å². The van der Waals surface area contributed by atoms with Gasteiger partial charge in [-0.2, -0.15) is 0 Å². The van der Waals surface area contributed by atoms with Crippen LogP contribution in [0.1, 0.15) is 27.7 Å². The molecule has 0 aromatic heterocycles. The summed E-state index contributed by atoms with van der Waals surface area (Å²) in [5.41, 5.74) is 0. The molecule has 0 spiro atoms. The Bertz CT molecular complexity index is 151. The van der Waals surface area contributed by atoms with E-state index in [-0.39, 0.29) is 6.10 Å². The second kappa shape index (κ2) is 18.9. The molecule has 0 fully saturated rings. The van der Waals surface area contributed by atoms with Gasteiger partial charge < -0.3 is 18.9 Å². The predicted octanol–water partition coefficient (Wildman–Crippen LogP) is 2.67. The number of hydrogen-bond acceptors (Lipinski definition) is 4. The molecule has 0 saturated heterocycles. The molecule has 1 atom stereocenters. The Morgan fingerprint density at radius 3 is 1.89 bits per heavy atom. The molecule has 0 aliphatic rings. The molecule has 0 bridgehead atoms. The Morgan fingerprint density at radius 2 is 1.39 bits per heavy atom. The Kier molecular flexibility index (Phi) is 20.9. The van der Waals surface area contributed by atoms with Crippen molar-refractivity contribution in [1.29, 1.82) is 0 Å². The zero-order valence-corrected chi connectivity index (χ0v) is 12.4. The Hall–Kier alpha value is -0.420. The van der Waals surface area contributed by atoms with Crippen LogP contribution >= 0.6 is 0 Å². The van der Waals surface area contributed by atoms with E-state index in [9.17, 15) is 0 Å². The first-order chi connectivity index (χ1) is 8.72. The summed E-state index contributed by atoms with van der Waals surface area (Å²) in [6.07, 6.45) is 1.87. The van der Waals surface area contributed by atoms with E-state index in [0.717, 1.165) is 13.2 Å². The molecule has 0 aliphatic carbocycles. The average molecular weight is 262 g/mol. The molecule has 4 heteroatoms. The van der Waals surface area contributed by atoms with Gasteiger partial charge in [0, 0.05) is 13.2 Å². The van der Waals surface area contributed by atoms with Gasteiger partial charge >= 0.3 is 0 Å². The van der Waals surface area contributed by atoms with E-state index >= 15 is 0 Å². The topological polar surface area (TPSA) is 36.9 Å². The van der Waals surface area contributed by atoms with Crippen LogP contribution in [0.25, 0.3) is 0 Å². The van der Waals surface area contributed by atoms with Crippen molar-refractivity contribution in [3.63, 3.8) is 0 Å². The maximum absolute atomic E-state index is 5.46. The maximum atomic E-state index is 5.46. The van der Waals surface area contributed by atoms with Crippen molar-refractivity contribution in [2.24, 2.45) is 0 Å². The molecule has 110 valence electrons. The summed E-state index contributed by atoms with van der Waals surface area (Å²) in [6.45, 7) is 15.8. The molecule has 0 amide bonds. The monoisotopic (exact) mass is 262 g/mol. The molecule has 0 radical (unpaired) electrons. The van der Waals surface area contributed by atoms with Crippen molar-refractivity contribution in [3.8, 4) is 0 Å². The van der Waals surface area contributed by atoms with Gasteiger partial charge in [-0.25, -0.2) is 0 Å². The molecule has 0 aliphatic heterocycles. The summed E-state index contributed by atoms with van der Waals surface area (Å²) in [7, 11) is 0. The van der Waals surface area contributed by atoms with Crippen molar-refractivity contribution in [3.05, 3.63) is 12.7 Å². The normalized spacial score (nSPS) is 11.6. The third-order valence-electron chi connectivity index (χ3n) is 1.76. The summed E-state index contributed by atoms with van der Waals surface area (Å²) in [4.78, 5) is 0. The third-order valence-corrected chi connectivity index (χ3v) is 1.76. The van der Waals surface area contributed by atoms with Gasteiger partial charge in [0.05, 0.1) is 39.1 Å². The first-order valence-electron chi connectivity index (χ1n) is 6.64. The second-order valence-electron chi connectivity index (χ2n) is 3.56. The molecule has 0 saturated carbocycles. The van der Waals surface area contributed by atoms with E-state index < -0.39 is 0 Å². The van der Waals surface area contributed by atoms with Crippen LogP contribution in [0.15, 0.2) is 12.7 Å². The summed E-state index contributed by atoms with van der Waals surface area (Å²) in [6, 6.07) is 0. The largest absolute Gasteiger partial charge is 0.379 e. The van der Waals surface area contributed by atoms with Crippen molar-refractivity contribution >= 4 is 0 Å². The van der Waals surface area contributed by atoms with Crippen LogP contribution in [-0.2, 0) is 18.9 Å². The van der Waals surface area contributed by atoms with Gasteiger partial charge in [-0.3, -0.25) is 0 Å². The predicted molar refractivity (Wildman–Crippen MR) is 75.1 cm³/mol. The van der Waals surface area contributed by atoms with Crippen LogP contribution in [0, 0.1) is 0 Å². The standard InChI is InChI=1S/C11H24O4.C3H6/c1-4-12-6-7-14-10-11(3)15-9-8-13-5-2;1-3-2/h11H,4-10H2,1-3H3;3H,1H2,2H3. The van der Waals surface area contributed by atoms with E-state index in [4.69, 9.17) is 18.9 Å². The van der Waals surface area contributed by atoms with Gasteiger partial charge in [-0.05, 0) is 27.7 Å². The van der Waals surface area contributed by atoms with Gasteiger partial charge in [0.1, 0.15) is 0 Å². The van der Waals surface area contributed by atoms with E-state index in [1.165, 1.54) is 0 Å². The van der Waals surface area contributed by atoms with Crippen LogP contribution in [0.5, 0.6) is 0 Å². The highest BCUT2D eigenvalue weighted by Crippen LogP contribution is 1.92. The highest BCUT2D eigenvalue weighted by atomic mass is 16.6.